The predicted molar refractivity (Wildman–Crippen MR) is 104 cm³/mol. The third-order valence-corrected chi connectivity index (χ3v) is 8.23. The van der Waals surface area contributed by atoms with Gasteiger partial charge in [-0.3, -0.25) is 4.90 Å². The molecule has 146 valence electrons. The van der Waals surface area contributed by atoms with Crippen molar-refractivity contribution in [2.45, 2.75) is 63.0 Å². The first-order valence-corrected chi connectivity index (χ1v) is 11.2. The molecule has 0 radical (unpaired) electrons. The van der Waals surface area contributed by atoms with Gasteiger partial charge in [-0.2, -0.15) is 0 Å². The van der Waals surface area contributed by atoms with Gasteiger partial charge in [0.05, 0.1) is 10.9 Å². The number of rotatable bonds is 5. The first kappa shape index (κ1) is 19.8. The molecule has 0 bridgehead atoms. The Labute approximate surface area is 158 Å². The quantitative estimate of drug-likeness (QED) is 0.788. The normalized spacial score (nSPS) is 24.4. The molecule has 26 heavy (non-hydrogen) atoms. The van der Waals surface area contributed by atoms with Crippen LogP contribution in [0.5, 0.6) is 0 Å². The fraction of sp³-hybridized carbons (Fsp3) is 0.700. The molecule has 1 aromatic rings. The molecule has 2 aliphatic heterocycles. The van der Waals surface area contributed by atoms with Crippen LogP contribution in [0.15, 0.2) is 30.3 Å². The van der Waals surface area contributed by atoms with E-state index in [9.17, 15) is 8.42 Å². The van der Waals surface area contributed by atoms with Gasteiger partial charge >= 0.3 is 0 Å². The molecule has 2 fully saturated rings. The SMILES string of the molecule is CC(C)S(=O)(=O)N1CCC2(CC1)CC(N(C)Cc1ccccc1)CCO2. The van der Waals surface area contributed by atoms with E-state index in [-0.39, 0.29) is 10.9 Å². The van der Waals surface area contributed by atoms with Crippen LogP contribution < -0.4 is 0 Å². The van der Waals surface area contributed by atoms with Crippen molar-refractivity contribution < 1.29 is 13.2 Å². The summed E-state index contributed by atoms with van der Waals surface area (Å²) in [6, 6.07) is 11.0. The monoisotopic (exact) mass is 380 g/mol. The van der Waals surface area contributed by atoms with Gasteiger partial charge in [-0.1, -0.05) is 30.3 Å². The van der Waals surface area contributed by atoms with E-state index in [1.165, 1.54) is 5.56 Å². The van der Waals surface area contributed by atoms with Gasteiger partial charge in [0, 0.05) is 32.3 Å². The van der Waals surface area contributed by atoms with Crippen molar-refractivity contribution in [3.8, 4) is 0 Å². The summed E-state index contributed by atoms with van der Waals surface area (Å²) in [6.07, 6.45) is 3.63. The zero-order valence-corrected chi connectivity index (χ0v) is 17.0. The van der Waals surface area contributed by atoms with E-state index in [2.05, 4.69) is 36.2 Å². The molecule has 0 aromatic heterocycles. The molecule has 0 aliphatic carbocycles. The van der Waals surface area contributed by atoms with Crippen LogP contribution in [-0.4, -0.2) is 61.3 Å². The molecule has 6 heteroatoms. The predicted octanol–water partition coefficient (Wildman–Crippen LogP) is 2.87. The van der Waals surface area contributed by atoms with Gasteiger partial charge in [-0.05, 0) is 52.1 Å². The van der Waals surface area contributed by atoms with Crippen LogP contribution in [0.4, 0.5) is 0 Å². The highest BCUT2D eigenvalue weighted by Gasteiger charge is 2.43. The number of nitrogens with zero attached hydrogens (tertiary/aromatic N) is 2. The molecular formula is C20H32N2O3S. The van der Waals surface area contributed by atoms with Gasteiger partial charge in [-0.25, -0.2) is 12.7 Å². The minimum Gasteiger partial charge on any atom is -0.375 e. The van der Waals surface area contributed by atoms with Crippen LogP contribution in [0.1, 0.15) is 45.1 Å². The molecule has 1 spiro atoms. The highest BCUT2D eigenvalue weighted by atomic mass is 32.2. The molecule has 0 N–H and O–H groups in total. The van der Waals surface area contributed by atoms with Crippen molar-refractivity contribution in [2.24, 2.45) is 0 Å². The average Bonchev–Trinajstić information content (AvgIpc) is 2.63. The topological polar surface area (TPSA) is 49.9 Å². The molecule has 2 aliphatic rings. The van der Waals surface area contributed by atoms with Crippen LogP contribution in [-0.2, 0) is 21.3 Å². The van der Waals surface area contributed by atoms with Gasteiger partial charge in [0.2, 0.25) is 10.0 Å². The third kappa shape index (κ3) is 4.30. The highest BCUT2D eigenvalue weighted by molar-refractivity contribution is 7.89. The lowest BCUT2D eigenvalue weighted by atomic mass is 9.82. The first-order chi connectivity index (χ1) is 12.3. The molecule has 1 aromatic carbocycles. The van der Waals surface area contributed by atoms with Gasteiger partial charge in [0.1, 0.15) is 0 Å². The van der Waals surface area contributed by atoms with Crippen LogP contribution in [0.2, 0.25) is 0 Å². The maximum Gasteiger partial charge on any atom is 0.216 e. The summed E-state index contributed by atoms with van der Waals surface area (Å²) in [6.45, 7) is 6.37. The van der Waals surface area contributed by atoms with Gasteiger partial charge < -0.3 is 4.74 Å². The minimum atomic E-state index is -3.16. The highest BCUT2D eigenvalue weighted by Crippen LogP contribution is 2.37. The van der Waals surface area contributed by atoms with Crippen LogP contribution in [0.25, 0.3) is 0 Å². The summed E-state index contributed by atoms with van der Waals surface area (Å²) < 4.78 is 32.7. The number of ether oxygens (including phenoxy) is 1. The Morgan fingerprint density at radius 3 is 2.50 bits per heavy atom. The zero-order valence-electron chi connectivity index (χ0n) is 16.2. The lowest BCUT2D eigenvalue weighted by Crippen LogP contribution is -2.54. The van der Waals surface area contributed by atoms with Crippen molar-refractivity contribution >= 4 is 10.0 Å². The second kappa shape index (κ2) is 7.97. The molecule has 5 nitrogen and oxygen atoms in total. The minimum absolute atomic E-state index is 0.156. The van der Waals surface area contributed by atoms with E-state index in [1.807, 2.05) is 6.07 Å². The Morgan fingerprint density at radius 2 is 1.88 bits per heavy atom. The molecule has 0 saturated carbocycles. The van der Waals surface area contributed by atoms with Crippen LogP contribution >= 0.6 is 0 Å². The summed E-state index contributed by atoms with van der Waals surface area (Å²) in [5, 5.41) is -0.353. The van der Waals surface area contributed by atoms with Crippen LogP contribution in [0, 0.1) is 0 Å². The molecule has 3 rings (SSSR count). The number of sulfonamides is 1. The largest absolute Gasteiger partial charge is 0.375 e. The Hall–Kier alpha value is -0.950. The van der Waals surface area contributed by atoms with E-state index in [0.29, 0.717) is 19.1 Å². The van der Waals surface area contributed by atoms with E-state index in [4.69, 9.17) is 4.74 Å². The Kier molecular flexibility index (Phi) is 6.07. The molecule has 1 atom stereocenters. The number of hydrogen-bond acceptors (Lipinski definition) is 4. The second-order valence-corrected chi connectivity index (χ2v) is 10.6. The molecule has 2 heterocycles. The molecule has 2 saturated heterocycles. The Morgan fingerprint density at radius 1 is 1.23 bits per heavy atom. The number of hydrogen-bond donors (Lipinski definition) is 0. The van der Waals surface area contributed by atoms with E-state index in [0.717, 1.165) is 38.8 Å². The maximum absolute atomic E-state index is 12.4. The zero-order chi connectivity index (χ0) is 18.8. The second-order valence-electron chi connectivity index (χ2n) is 8.07. The van der Waals surface area contributed by atoms with Gasteiger partial charge in [0.25, 0.3) is 0 Å². The summed E-state index contributed by atoms with van der Waals surface area (Å²) in [5.74, 6) is 0. The molecule has 1 unspecified atom stereocenters. The molecule has 0 amide bonds. The lowest BCUT2D eigenvalue weighted by molar-refractivity contribution is -0.125. The average molecular weight is 381 g/mol. The van der Waals surface area contributed by atoms with Crippen molar-refractivity contribution in [1.29, 1.82) is 0 Å². The van der Waals surface area contributed by atoms with E-state index in [1.54, 1.807) is 18.2 Å². The smallest absolute Gasteiger partial charge is 0.216 e. The fourth-order valence-corrected chi connectivity index (χ4v) is 5.46. The van der Waals surface area contributed by atoms with E-state index >= 15 is 0 Å². The van der Waals surface area contributed by atoms with Crippen molar-refractivity contribution in [3.05, 3.63) is 35.9 Å². The summed E-state index contributed by atoms with van der Waals surface area (Å²) in [4.78, 5) is 2.43. The van der Waals surface area contributed by atoms with Gasteiger partial charge in [0.15, 0.2) is 0 Å². The van der Waals surface area contributed by atoms with Crippen molar-refractivity contribution in [1.82, 2.24) is 9.21 Å². The van der Waals surface area contributed by atoms with E-state index < -0.39 is 10.0 Å². The fourth-order valence-electron chi connectivity index (χ4n) is 4.17. The molecular weight excluding hydrogens is 348 g/mol. The Balaban J connectivity index is 1.60. The number of benzene rings is 1. The first-order valence-electron chi connectivity index (χ1n) is 9.69. The van der Waals surface area contributed by atoms with Crippen molar-refractivity contribution in [2.75, 3.05) is 26.7 Å². The Bertz CT molecular complexity index is 682. The standard InChI is InChI=1S/C20H32N2O3S/c1-17(2)26(23,24)22-12-10-20(11-13-22)15-19(9-14-25-20)21(3)16-18-7-5-4-6-8-18/h4-8,17,19H,9-16H2,1-3H3. The van der Waals surface area contributed by atoms with Crippen molar-refractivity contribution in [3.63, 3.8) is 0 Å². The summed E-state index contributed by atoms with van der Waals surface area (Å²) >= 11 is 0. The maximum atomic E-state index is 12.4. The number of piperidine rings is 1. The van der Waals surface area contributed by atoms with Crippen LogP contribution in [0.3, 0.4) is 0 Å². The summed E-state index contributed by atoms with van der Waals surface area (Å²) in [7, 11) is -0.969. The summed E-state index contributed by atoms with van der Waals surface area (Å²) in [5.41, 5.74) is 1.17. The van der Waals surface area contributed by atoms with Gasteiger partial charge in [-0.15, -0.1) is 0 Å². The third-order valence-electron chi connectivity index (χ3n) is 5.95. The lowest BCUT2D eigenvalue weighted by Gasteiger charge is -2.47.